The number of halogens is 1. The third-order valence-corrected chi connectivity index (χ3v) is 5.73. The van der Waals surface area contributed by atoms with Crippen LogP contribution in [0.1, 0.15) is 16.1 Å². The summed E-state index contributed by atoms with van der Waals surface area (Å²) in [6.45, 7) is 0.552. The molecule has 0 unspecified atom stereocenters. The summed E-state index contributed by atoms with van der Waals surface area (Å²) in [5, 5.41) is 6.09. The number of pyridine rings is 1. The number of rotatable bonds is 4. The number of nitrogens with zero attached hydrogens (tertiary/aromatic N) is 2. The number of para-hydroxylation sites is 1. The maximum absolute atomic E-state index is 14.2. The van der Waals surface area contributed by atoms with Crippen LogP contribution in [0, 0.1) is 5.82 Å². The second-order valence-electron chi connectivity index (χ2n) is 6.56. The maximum Gasteiger partial charge on any atom is 0.255 e. The number of H-pyrrole nitrogens is 1. The number of nitrogens with one attached hydrogen (secondary N) is 3. The zero-order valence-corrected chi connectivity index (χ0v) is 16.2. The van der Waals surface area contributed by atoms with Crippen LogP contribution in [0.3, 0.4) is 0 Å². The molecule has 0 saturated carbocycles. The molecule has 1 amide bonds. The Morgan fingerprint density at radius 3 is 3.03 bits per heavy atom. The molecule has 0 fully saturated rings. The fourth-order valence-corrected chi connectivity index (χ4v) is 4.40. The molecule has 1 aliphatic heterocycles. The Morgan fingerprint density at radius 2 is 2.17 bits per heavy atom. The molecule has 9 heteroatoms. The number of ether oxygens (including phenoxy) is 1. The minimum Gasteiger partial charge on any atom is -0.492 e. The molecule has 4 aromatic rings. The molecule has 7 nitrogen and oxygen atoms in total. The van der Waals surface area contributed by atoms with Crippen LogP contribution in [-0.4, -0.2) is 33.9 Å². The molecule has 3 N–H and O–H groups in total. The Balaban J connectivity index is 1.73. The van der Waals surface area contributed by atoms with Gasteiger partial charge in [0, 0.05) is 24.9 Å². The molecule has 0 saturated heterocycles. The number of anilines is 2. The van der Waals surface area contributed by atoms with Crippen LogP contribution in [-0.2, 0) is 6.42 Å². The zero-order chi connectivity index (χ0) is 20.0. The van der Waals surface area contributed by atoms with Gasteiger partial charge in [0.2, 0.25) is 0 Å². The number of benzene rings is 1. The van der Waals surface area contributed by atoms with Gasteiger partial charge < -0.3 is 20.4 Å². The first-order valence-corrected chi connectivity index (χ1v) is 9.78. The molecule has 0 spiro atoms. The van der Waals surface area contributed by atoms with E-state index in [-0.39, 0.29) is 11.7 Å². The average Bonchev–Trinajstić information content (AvgIpc) is 3.30. The highest BCUT2D eigenvalue weighted by molar-refractivity contribution is 7.11. The van der Waals surface area contributed by atoms with Gasteiger partial charge in [-0.25, -0.2) is 4.39 Å². The van der Waals surface area contributed by atoms with Crippen molar-refractivity contribution in [3.05, 3.63) is 53.6 Å². The molecule has 1 aliphatic rings. The summed E-state index contributed by atoms with van der Waals surface area (Å²) in [5.41, 5.74) is 4.52. The number of methoxy groups -OCH3 is 1. The van der Waals surface area contributed by atoms with Crippen LogP contribution in [0.4, 0.5) is 15.8 Å². The van der Waals surface area contributed by atoms with Crippen LogP contribution >= 0.6 is 11.5 Å². The topological polar surface area (TPSA) is 91.9 Å². The van der Waals surface area contributed by atoms with Crippen molar-refractivity contribution >= 4 is 39.8 Å². The lowest BCUT2D eigenvalue weighted by atomic mass is 10.1. The molecular weight excluding hydrogens is 393 g/mol. The van der Waals surface area contributed by atoms with E-state index < -0.39 is 5.82 Å². The van der Waals surface area contributed by atoms with Crippen molar-refractivity contribution < 1.29 is 13.9 Å². The molecule has 0 bridgehead atoms. The van der Waals surface area contributed by atoms with Crippen molar-refractivity contribution in [1.29, 1.82) is 0 Å². The largest absolute Gasteiger partial charge is 0.492 e. The van der Waals surface area contributed by atoms with Gasteiger partial charge in [0.25, 0.3) is 5.91 Å². The number of carbonyl (C=O) groups excluding carboxylic acids is 1. The van der Waals surface area contributed by atoms with Crippen molar-refractivity contribution in [1.82, 2.24) is 19.7 Å². The SMILES string of the molecule is COc1c(F)cccc1Nc1c(-c2snc3cccnc23)[nH]c2c1C(=O)NCC2. The van der Waals surface area contributed by atoms with Crippen LogP contribution < -0.4 is 15.4 Å². The first-order chi connectivity index (χ1) is 14.2. The summed E-state index contributed by atoms with van der Waals surface area (Å²) in [4.78, 5) is 21.3. The van der Waals surface area contributed by atoms with Crippen LogP contribution in [0.5, 0.6) is 5.75 Å². The number of aromatic nitrogens is 3. The Morgan fingerprint density at radius 1 is 1.28 bits per heavy atom. The fraction of sp³-hybridized carbons (Fsp3) is 0.150. The van der Waals surface area contributed by atoms with Gasteiger partial charge in [-0.1, -0.05) is 6.07 Å². The van der Waals surface area contributed by atoms with Crippen LogP contribution in [0.15, 0.2) is 36.5 Å². The maximum atomic E-state index is 14.2. The van der Waals surface area contributed by atoms with E-state index in [0.717, 1.165) is 21.6 Å². The third kappa shape index (κ3) is 2.82. The van der Waals surface area contributed by atoms with Gasteiger partial charge in [-0.15, -0.1) is 0 Å². The van der Waals surface area contributed by atoms with E-state index in [1.807, 2.05) is 12.1 Å². The van der Waals surface area contributed by atoms with E-state index in [1.165, 1.54) is 24.7 Å². The molecular formula is C20H16FN5O2S. The number of hydrogen-bond acceptors (Lipinski definition) is 6. The summed E-state index contributed by atoms with van der Waals surface area (Å²) >= 11 is 1.30. The van der Waals surface area contributed by atoms with Gasteiger partial charge in [0.15, 0.2) is 11.6 Å². The summed E-state index contributed by atoms with van der Waals surface area (Å²) in [6.07, 6.45) is 2.37. The highest BCUT2D eigenvalue weighted by atomic mass is 32.1. The van der Waals surface area contributed by atoms with Gasteiger partial charge >= 0.3 is 0 Å². The van der Waals surface area contributed by atoms with Gasteiger partial charge in [-0.05, 0) is 35.8 Å². The van der Waals surface area contributed by atoms with E-state index in [4.69, 9.17) is 4.74 Å². The molecule has 1 aromatic carbocycles. The minimum atomic E-state index is -0.488. The first-order valence-electron chi connectivity index (χ1n) is 9.00. The summed E-state index contributed by atoms with van der Waals surface area (Å²) in [6, 6.07) is 8.33. The Bertz CT molecular complexity index is 1250. The second-order valence-corrected chi connectivity index (χ2v) is 7.34. The second kappa shape index (κ2) is 6.85. The highest BCUT2D eigenvalue weighted by Gasteiger charge is 2.29. The lowest BCUT2D eigenvalue weighted by Gasteiger charge is -2.16. The number of amides is 1. The number of fused-ring (bicyclic) bond motifs is 2. The van der Waals surface area contributed by atoms with E-state index in [0.29, 0.717) is 35.6 Å². The van der Waals surface area contributed by atoms with E-state index in [9.17, 15) is 9.18 Å². The van der Waals surface area contributed by atoms with Gasteiger partial charge in [0.1, 0.15) is 11.0 Å². The molecule has 0 atom stereocenters. The van der Waals surface area contributed by atoms with Crippen molar-refractivity contribution in [3.63, 3.8) is 0 Å². The molecule has 4 heterocycles. The molecule has 29 heavy (non-hydrogen) atoms. The Kier molecular flexibility index (Phi) is 4.17. The number of carbonyl (C=O) groups is 1. The van der Waals surface area contributed by atoms with Crippen molar-refractivity contribution in [2.75, 3.05) is 19.0 Å². The zero-order valence-electron chi connectivity index (χ0n) is 15.4. The normalized spacial score (nSPS) is 13.2. The van der Waals surface area contributed by atoms with Gasteiger partial charge in [-0.3, -0.25) is 9.78 Å². The predicted octanol–water partition coefficient (Wildman–Crippen LogP) is 3.86. The molecule has 0 radical (unpaired) electrons. The van der Waals surface area contributed by atoms with Gasteiger partial charge in [0.05, 0.1) is 34.6 Å². The summed E-state index contributed by atoms with van der Waals surface area (Å²) < 4.78 is 23.9. The highest BCUT2D eigenvalue weighted by Crippen LogP contribution is 2.42. The fourth-order valence-electron chi connectivity index (χ4n) is 3.57. The third-order valence-electron chi connectivity index (χ3n) is 4.86. The van der Waals surface area contributed by atoms with Crippen LogP contribution in [0.2, 0.25) is 0 Å². The summed E-state index contributed by atoms with van der Waals surface area (Å²) in [7, 11) is 1.41. The van der Waals surface area contributed by atoms with Gasteiger partial charge in [-0.2, -0.15) is 4.37 Å². The predicted molar refractivity (Wildman–Crippen MR) is 109 cm³/mol. The minimum absolute atomic E-state index is 0.0805. The first kappa shape index (κ1) is 17.6. The standard InChI is InChI=1S/C20H16FN5O2S/c1-28-18-10(21)4-2-5-13(18)25-16-14-11(7-9-23-20(14)27)24-17(16)19-15-12(26-29-19)6-3-8-22-15/h2-6,8,24-25H,7,9H2,1H3,(H,23,27). The smallest absolute Gasteiger partial charge is 0.255 e. The lowest BCUT2D eigenvalue weighted by Crippen LogP contribution is -2.31. The summed E-state index contributed by atoms with van der Waals surface area (Å²) in [5.74, 6) is -0.594. The Hall–Kier alpha value is -3.46. The Labute approximate surface area is 169 Å². The number of hydrogen-bond donors (Lipinski definition) is 3. The van der Waals surface area contributed by atoms with Crippen molar-refractivity contribution in [3.8, 4) is 16.3 Å². The van der Waals surface area contributed by atoms with E-state index in [2.05, 4.69) is 25.0 Å². The van der Waals surface area contributed by atoms with E-state index >= 15 is 0 Å². The molecule has 5 rings (SSSR count). The quantitative estimate of drug-likeness (QED) is 0.476. The molecule has 146 valence electrons. The van der Waals surface area contributed by atoms with Crippen LogP contribution in [0.25, 0.3) is 21.6 Å². The lowest BCUT2D eigenvalue weighted by molar-refractivity contribution is 0.0947. The average molecular weight is 409 g/mol. The monoisotopic (exact) mass is 409 g/mol. The van der Waals surface area contributed by atoms with E-state index in [1.54, 1.807) is 18.3 Å². The molecule has 3 aromatic heterocycles. The molecule has 0 aliphatic carbocycles. The van der Waals surface area contributed by atoms with Crippen molar-refractivity contribution in [2.24, 2.45) is 0 Å². The van der Waals surface area contributed by atoms with Crippen molar-refractivity contribution in [2.45, 2.75) is 6.42 Å². The number of aromatic amines is 1.